The van der Waals surface area contributed by atoms with Gasteiger partial charge in [-0.2, -0.15) is 10.5 Å². The van der Waals surface area contributed by atoms with Crippen LogP contribution in [0.25, 0.3) is 0 Å². The second-order valence-electron chi connectivity index (χ2n) is 4.64. The van der Waals surface area contributed by atoms with Crippen LogP contribution in [0.1, 0.15) is 5.56 Å². The minimum absolute atomic E-state index is 0.0304. The number of benzene rings is 2. The predicted molar refractivity (Wildman–Crippen MR) is 84.7 cm³/mol. The number of rotatable bonds is 6. The Balaban J connectivity index is 2.04. The Hall–Kier alpha value is -3.58. The first-order valence-corrected chi connectivity index (χ1v) is 6.98. The van der Waals surface area contributed by atoms with Crippen LogP contribution >= 0.6 is 0 Å². The molecule has 0 heterocycles. The number of carbonyl (C=O) groups is 1. The average molecular weight is 324 g/mol. The normalized spacial score (nSPS) is 9.46. The molecule has 0 fully saturated rings. The van der Waals surface area contributed by atoms with Gasteiger partial charge in [0.25, 0.3) is 0 Å². The van der Waals surface area contributed by atoms with Crippen LogP contribution < -0.4 is 15.4 Å². The zero-order valence-electron chi connectivity index (χ0n) is 12.5. The Morgan fingerprint density at radius 1 is 1.17 bits per heavy atom. The summed E-state index contributed by atoms with van der Waals surface area (Å²) in [5, 5.41) is 22.5. The molecule has 0 atom stereocenters. The predicted octanol–water partition coefficient (Wildman–Crippen LogP) is 2.54. The Kier molecular flexibility index (Phi) is 5.71. The molecule has 7 heteroatoms. The van der Waals surface area contributed by atoms with Gasteiger partial charge in [-0.1, -0.05) is 12.1 Å². The molecule has 0 unspecified atom stereocenters. The van der Waals surface area contributed by atoms with E-state index in [1.54, 1.807) is 36.4 Å². The van der Waals surface area contributed by atoms with Crippen LogP contribution in [-0.2, 0) is 4.79 Å². The van der Waals surface area contributed by atoms with E-state index in [0.29, 0.717) is 11.3 Å². The molecule has 0 radical (unpaired) electrons. The Bertz CT molecular complexity index is 824. The van der Waals surface area contributed by atoms with E-state index in [1.165, 1.54) is 12.1 Å². The molecule has 0 bridgehead atoms. The zero-order valence-corrected chi connectivity index (χ0v) is 12.5. The van der Waals surface area contributed by atoms with E-state index in [-0.39, 0.29) is 30.5 Å². The van der Waals surface area contributed by atoms with Gasteiger partial charge in [-0.15, -0.1) is 0 Å². The van der Waals surface area contributed by atoms with Crippen molar-refractivity contribution in [2.45, 2.75) is 0 Å². The van der Waals surface area contributed by atoms with Crippen molar-refractivity contribution in [3.63, 3.8) is 0 Å². The lowest BCUT2D eigenvalue weighted by molar-refractivity contribution is -0.119. The molecular formula is C17H13FN4O2. The molecule has 6 nitrogen and oxygen atoms in total. The number of nitriles is 2. The number of halogens is 1. The minimum Gasteiger partial charge on any atom is -0.453 e. The molecule has 0 aliphatic heterocycles. The van der Waals surface area contributed by atoms with Crippen molar-refractivity contribution < 1.29 is 13.9 Å². The Morgan fingerprint density at radius 2 is 1.96 bits per heavy atom. The third kappa shape index (κ3) is 4.46. The molecule has 0 aliphatic rings. The van der Waals surface area contributed by atoms with Crippen molar-refractivity contribution in [2.24, 2.45) is 0 Å². The third-order valence-corrected chi connectivity index (χ3v) is 2.98. The zero-order chi connectivity index (χ0) is 17.4. The van der Waals surface area contributed by atoms with Gasteiger partial charge < -0.3 is 15.4 Å². The number of para-hydroxylation sites is 1. The summed E-state index contributed by atoms with van der Waals surface area (Å²) in [5.41, 5.74) is 0.689. The van der Waals surface area contributed by atoms with Crippen molar-refractivity contribution in [3.05, 3.63) is 53.8 Å². The molecule has 2 N–H and O–H groups in total. The molecule has 0 saturated carbocycles. The maximum atomic E-state index is 14.1. The van der Waals surface area contributed by atoms with Gasteiger partial charge in [-0.3, -0.25) is 4.79 Å². The van der Waals surface area contributed by atoms with E-state index in [4.69, 9.17) is 15.3 Å². The van der Waals surface area contributed by atoms with E-state index < -0.39 is 5.82 Å². The highest BCUT2D eigenvalue weighted by molar-refractivity contribution is 5.80. The summed E-state index contributed by atoms with van der Waals surface area (Å²) in [7, 11) is 0. The molecule has 0 spiro atoms. The highest BCUT2D eigenvalue weighted by Crippen LogP contribution is 2.28. The fourth-order valence-electron chi connectivity index (χ4n) is 1.84. The molecule has 0 aliphatic carbocycles. The number of hydrogen-bond donors (Lipinski definition) is 2. The molecule has 120 valence electrons. The van der Waals surface area contributed by atoms with Gasteiger partial charge in [0.2, 0.25) is 5.91 Å². The van der Waals surface area contributed by atoms with Gasteiger partial charge in [0.05, 0.1) is 18.2 Å². The lowest BCUT2D eigenvalue weighted by Gasteiger charge is -2.10. The highest BCUT2D eigenvalue weighted by Gasteiger charge is 2.09. The number of nitrogens with one attached hydrogen (secondary N) is 2. The topological polar surface area (TPSA) is 97.9 Å². The van der Waals surface area contributed by atoms with E-state index in [9.17, 15) is 9.18 Å². The summed E-state index contributed by atoms with van der Waals surface area (Å²) in [6, 6.07) is 14.4. The van der Waals surface area contributed by atoms with Crippen LogP contribution in [0.5, 0.6) is 11.5 Å². The first-order chi connectivity index (χ1) is 11.6. The van der Waals surface area contributed by atoms with Crippen LogP contribution in [0.4, 0.5) is 10.1 Å². The number of anilines is 1. The summed E-state index contributed by atoms with van der Waals surface area (Å²) in [5.74, 6) is -0.780. The molecule has 24 heavy (non-hydrogen) atoms. The third-order valence-electron chi connectivity index (χ3n) is 2.98. The number of ether oxygens (including phenoxy) is 1. The van der Waals surface area contributed by atoms with Crippen molar-refractivity contribution in [1.82, 2.24) is 5.32 Å². The van der Waals surface area contributed by atoms with Gasteiger partial charge in [0.15, 0.2) is 11.6 Å². The number of hydrogen-bond acceptors (Lipinski definition) is 5. The van der Waals surface area contributed by atoms with Gasteiger partial charge in [0.1, 0.15) is 18.4 Å². The fraction of sp³-hybridized carbons (Fsp3) is 0.118. The van der Waals surface area contributed by atoms with E-state index in [0.717, 1.165) is 0 Å². The Morgan fingerprint density at radius 3 is 2.67 bits per heavy atom. The molecule has 1 amide bonds. The summed E-state index contributed by atoms with van der Waals surface area (Å²) < 4.78 is 19.5. The summed E-state index contributed by atoms with van der Waals surface area (Å²) in [4.78, 5) is 11.4. The maximum absolute atomic E-state index is 14.1. The quantitative estimate of drug-likeness (QED) is 0.796. The summed E-state index contributed by atoms with van der Waals surface area (Å²) in [6.07, 6.45) is 0. The largest absolute Gasteiger partial charge is 0.453 e. The summed E-state index contributed by atoms with van der Waals surface area (Å²) >= 11 is 0. The fourth-order valence-corrected chi connectivity index (χ4v) is 1.84. The number of nitrogens with zero attached hydrogens (tertiary/aromatic N) is 2. The SMILES string of the molecule is N#CCNC(=O)CNc1ccc(Oc2ccccc2C#N)c(F)c1. The van der Waals surface area contributed by atoms with Crippen LogP contribution in [0.15, 0.2) is 42.5 Å². The minimum atomic E-state index is -0.634. The first kappa shape index (κ1) is 16.8. The van der Waals surface area contributed by atoms with Crippen molar-refractivity contribution in [3.8, 4) is 23.6 Å². The molecule has 0 saturated heterocycles. The highest BCUT2D eigenvalue weighted by atomic mass is 19.1. The monoisotopic (exact) mass is 324 g/mol. The molecule has 2 aromatic rings. The maximum Gasteiger partial charge on any atom is 0.240 e. The second-order valence-corrected chi connectivity index (χ2v) is 4.64. The van der Waals surface area contributed by atoms with Gasteiger partial charge >= 0.3 is 0 Å². The van der Waals surface area contributed by atoms with Crippen LogP contribution in [-0.4, -0.2) is 19.0 Å². The van der Waals surface area contributed by atoms with Crippen molar-refractivity contribution >= 4 is 11.6 Å². The van der Waals surface area contributed by atoms with Crippen LogP contribution in [0.2, 0.25) is 0 Å². The molecule has 0 aromatic heterocycles. The van der Waals surface area contributed by atoms with Crippen molar-refractivity contribution in [2.75, 3.05) is 18.4 Å². The van der Waals surface area contributed by atoms with E-state index >= 15 is 0 Å². The van der Waals surface area contributed by atoms with Crippen LogP contribution in [0.3, 0.4) is 0 Å². The molecule has 2 aromatic carbocycles. The molecular weight excluding hydrogens is 311 g/mol. The standard InChI is InChI=1S/C17H13FN4O2/c18-14-9-13(22-11-17(23)21-8-7-19)5-6-16(14)24-15-4-2-1-3-12(15)10-20/h1-6,9,22H,8,11H2,(H,21,23). The average Bonchev–Trinajstić information content (AvgIpc) is 2.60. The van der Waals surface area contributed by atoms with Gasteiger partial charge in [0, 0.05) is 11.8 Å². The number of amides is 1. The molecule has 2 rings (SSSR count). The van der Waals surface area contributed by atoms with Crippen molar-refractivity contribution in [1.29, 1.82) is 10.5 Å². The second kappa shape index (κ2) is 8.16. The first-order valence-electron chi connectivity index (χ1n) is 6.98. The number of carbonyl (C=O) groups excluding carboxylic acids is 1. The van der Waals surface area contributed by atoms with Gasteiger partial charge in [-0.05, 0) is 24.3 Å². The summed E-state index contributed by atoms with van der Waals surface area (Å²) in [6.45, 7) is -0.168. The smallest absolute Gasteiger partial charge is 0.240 e. The Labute approximate surface area is 138 Å². The van der Waals surface area contributed by atoms with Gasteiger partial charge in [-0.25, -0.2) is 4.39 Å². The lowest BCUT2D eigenvalue weighted by Crippen LogP contribution is -2.29. The van der Waals surface area contributed by atoms with E-state index in [2.05, 4.69) is 10.6 Å². The lowest BCUT2D eigenvalue weighted by atomic mass is 10.2. The van der Waals surface area contributed by atoms with E-state index in [1.807, 2.05) is 6.07 Å². The van der Waals surface area contributed by atoms with Crippen LogP contribution in [0, 0.1) is 28.5 Å².